The number of esters is 1. The molecule has 3 rings (SSSR count). The zero-order chi connectivity index (χ0) is 24.9. The molecule has 1 amide bonds. The lowest BCUT2D eigenvalue weighted by atomic mass is 9.65. The Bertz CT molecular complexity index is 771. The van der Waals surface area contributed by atoms with E-state index >= 15 is 0 Å². The van der Waals surface area contributed by atoms with E-state index in [2.05, 4.69) is 44.3 Å². The van der Waals surface area contributed by atoms with Crippen LogP contribution in [0.15, 0.2) is 23.8 Å². The zero-order valence-corrected chi connectivity index (χ0v) is 21.5. The first-order valence-corrected chi connectivity index (χ1v) is 13.4. The van der Waals surface area contributed by atoms with E-state index < -0.39 is 12.2 Å². The average molecular weight is 476 g/mol. The van der Waals surface area contributed by atoms with Gasteiger partial charge in [0.05, 0.1) is 24.0 Å². The molecule has 192 valence electrons. The van der Waals surface area contributed by atoms with Gasteiger partial charge in [0.1, 0.15) is 6.10 Å². The fourth-order valence-corrected chi connectivity index (χ4v) is 5.48. The molecule has 0 aliphatic heterocycles. The van der Waals surface area contributed by atoms with Gasteiger partial charge in [-0.05, 0) is 75.2 Å². The molecule has 1 fully saturated rings. The lowest BCUT2D eigenvalue weighted by Gasteiger charge is -2.43. The van der Waals surface area contributed by atoms with E-state index in [0.29, 0.717) is 24.8 Å². The Balaban J connectivity index is 1.56. The number of carbonyl (C=O) groups is 2. The first kappa shape index (κ1) is 26.9. The van der Waals surface area contributed by atoms with Crippen molar-refractivity contribution in [2.45, 2.75) is 104 Å². The Morgan fingerprint density at radius 1 is 1.24 bits per heavy atom. The summed E-state index contributed by atoms with van der Waals surface area (Å²) in [5.41, 5.74) is 0.949. The second kappa shape index (κ2) is 11.9. The lowest BCUT2D eigenvalue weighted by molar-refractivity contribution is -0.160. The Kier molecular flexibility index (Phi) is 9.39. The molecular formula is C28H45NO5. The van der Waals surface area contributed by atoms with Gasteiger partial charge in [-0.3, -0.25) is 9.59 Å². The maximum atomic E-state index is 12.8. The van der Waals surface area contributed by atoms with Crippen molar-refractivity contribution < 1.29 is 24.5 Å². The van der Waals surface area contributed by atoms with Gasteiger partial charge in [0.15, 0.2) is 0 Å². The summed E-state index contributed by atoms with van der Waals surface area (Å²) < 4.78 is 6.13. The number of fused-ring (bicyclic) bond motifs is 1. The quantitative estimate of drug-likeness (QED) is 0.289. The van der Waals surface area contributed by atoms with Gasteiger partial charge < -0.3 is 20.3 Å². The summed E-state index contributed by atoms with van der Waals surface area (Å²) in [7, 11) is 0. The van der Waals surface area contributed by atoms with Crippen molar-refractivity contribution in [3.05, 3.63) is 23.8 Å². The van der Waals surface area contributed by atoms with Crippen LogP contribution in [-0.4, -0.2) is 46.9 Å². The number of allylic oxidation sites excluding steroid dienone is 3. The Morgan fingerprint density at radius 3 is 2.65 bits per heavy atom. The van der Waals surface area contributed by atoms with E-state index in [1.807, 2.05) is 6.92 Å². The van der Waals surface area contributed by atoms with E-state index in [1.165, 1.54) is 5.57 Å². The zero-order valence-electron chi connectivity index (χ0n) is 21.5. The highest BCUT2D eigenvalue weighted by atomic mass is 16.5. The third kappa shape index (κ3) is 7.17. The summed E-state index contributed by atoms with van der Waals surface area (Å²) in [6, 6.07) is 0. The smallest absolute Gasteiger partial charge is 0.312 e. The molecule has 1 saturated carbocycles. The van der Waals surface area contributed by atoms with E-state index in [0.717, 1.165) is 38.5 Å². The van der Waals surface area contributed by atoms with E-state index in [1.54, 1.807) is 0 Å². The average Bonchev–Trinajstić information content (AvgIpc) is 3.52. The molecule has 3 aliphatic carbocycles. The summed E-state index contributed by atoms with van der Waals surface area (Å²) in [5.74, 6) is 0.849. The summed E-state index contributed by atoms with van der Waals surface area (Å²) in [4.78, 5) is 24.7. The fourth-order valence-electron chi connectivity index (χ4n) is 5.48. The van der Waals surface area contributed by atoms with Crippen LogP contribution >= 0.6 is 0 Å². The molecule has 6 heteroatoms. The minimum atomic E-state index is -0.848. The van der Waals surface area contributed by atoms with E-state index in [4.69, 9.17) is 4.74 Å². The minimum Gasteiger partial charge on any atom is -0.461 e. The monoisotopic (exact) mass is 475 g/mol. The maximum Gasteiger partial charge on any atom is 0.312 e. The van der Waals surface area contributed by atoms with Crippen molar-refractivity contribution in [2.75, 3.05) is 6.54 Å². The summed E-state index contributed by atoms with van der Waals surface area (Å²) in [6.45, 7) is 9.04. The summed E-state index contributed by atoms with van der Waals surface area (Å²) >= 11 is 0. The van der Waals surface area contributed by atoms with Crippen LogP contribution in [0.25, 0.3) is 0 Å². The first-order valence-electron chi connectivity index (χ1n) is 13.4. The van der Waals surface area contributed by atoms with Crippen LogP contribution in [0.3, 0.4) is 0 Å². The highest BCUT2D eigenvalue weighted by Crippen LogP contribution is 2.49. The van der Waals surface area contributed by atoms with Crippen molar-refractivity contribution in [1.82, 2.24) is 5.32 Å². The number of aliphatic hydroxyl groups is 2. The predicted octanol–water partition coefficient (Wildman–Crippen LogP) is 4.30. The van der Waals surface area contributed by atoms with Crippen LogP contribution in [0.2, 0.25) is 0 Å². The lowest BCUT2D eigenvalue weighted by Crippen LogP contribution is -2.42. The van der Waals surface area contributed by atoms with Gasteiger partial charge in [0.25, 0.3) is 0 Å². The van der Waals surface area contributed by atoms with Gasteiger partial charge in [-0.25, -0.2) is 0 Å². The van der Waals surface area contributed by atoms with Crippen LogP contribution < -0.4 is 5.32 Å². The first-order chi connectivity index (χ1) is 16.1. The largest absolute Gasteiger partial charge is 0.461 e. The van der Waals surface area contributed by atoms with Gasteiger partial charge in [0.2, 0.25) is 5.91 Å². The van der Waals surface area contributed by atoms with Crippen LogP contribution in [0.5, 0.6) is 0 Å². The van der Waals surface area contributed by atoms with Crippen LogP contribution in [0.4, 0.5) is 0 Å². The van der Waals surface area contributed by atoms with Crippen molar-refractivity contribution in [3.8, 4) is 0 Å². The topological polar surface area (TPSA) is 95.9 Å². The van der Waals surface area contributed by atoms with Crippen LogP contribution in [0, 0.1) is 29.1 Å². The predicted molar refractivity (Wildman–Crippen MR) is 133 cm³/mol. The third-order valence-electron chi connectivity index (χ3n) is 8.00. The number of carbonyl (C=O) groups excluding carboxylic acids is 2. The molecule has 0 aromatic rings. The van der Waals surface area contributed by atoms with Gasteiger partial charge in [-0.2, -0.15) is 0 Å². The molecule has 0 spiro atoms. The van der Waals surface area contributed by atoms with E-state index in [9.17, 15) is 19.8 Å². The highest BCUT2D eigenvalue weighted by molar-refractivity contribution is 5.79. The van der Waals surface area contributed by atoms with Crippen molar-refractivity contribution >= 4 is 11.9 Å². The minimum absolute atomic E-state index is 0.0214. The molecular weight excluding hydrogens is 430 g/mol. The standard InChI is InChI=1S/C28H45NO5/c1-5-6-13-29-25(32)17-22(31)16-21(30)9-10-23-19(3)7-8-20-14-18(2)15-24(26(20)23)34-27(33)28(4)11-12-28/h7-8,14,18-19,21-24,26,30-31H,5-6,9-13,15-17H2,1-4H3,(H,29,32). The van der Waals surface area contributed by atoms with Crippen molar-refractivity contribution in [3.63, 3.8) is 0 Å². The molecule has 6 nitrogen and oxygen atoms in total. The second-order valence-electron chi connectivity index (χ2n) is 11.3. The van der Waals surface area contributed by atoms with Crippen LogP contribution in [-0.2, 0) is 14.3 Å². The molecule has 3 N–H and O–H groups in total. The van der Waals surface area contributed by atoms with Gasteiger partial charge in [-0.15, -0.1) is 0 Å². The van der Waals surface area contributed by atoms with Gasteiger partial charge >= 0.3 is 5.97 Å². The molecule has 3 aliphatic rings. The van der Waals surface area contributed by atoms with Crippen molar-refractivity contribution in [2.24, 2.45) is 29.1 Å². The Hall–Kier alpha value is -1.66. The molecule has 0 saturated heterocycles. The number of amides is 1. The van der Waals surface area contributed by atoms with Crippen molar-refractivity contribution in [1.29, 1.82) is 0 Å². The normalized spacial score (nSPS) is 31.1. The number of hydrogen-bond acceptors (Lipinski definition) is 5. The summed E-state index contributed by atoms with van der Waals surface area (Å²) in [5, 5.41) is 23.7. The van der Waals surface area contributed by atoms with Crippen LogP contribution in [0.1, 0.15) is 85.5 Å². The molecule has 7 atom stereocenters. The molecule has 7 unspecified atom stereocenters. The SMILES string of the molecule is CCCCNC(=O)CC(O)CC(O)CCC1C(C)C=CC2=CC(C)CC(OC(=O)C3(C)CC3)C21. The fraction of sp³-hybridized carbons (Fsp3) is 0.786. The molecule has 0 bridgehead atoms. The Labute approximate surface area is 205 Å². The van der Waals surface area contributed by atoms with E-state index in [-0.39, 0.29) is 48.1 Å². The third-order valence-corrected chi connectivity index (χ3v) is 8.00. The number of rotatable bonds is 12. The number of aliphatic hydroxyl groups excluding tert-OH is 2. The molecule has 0 aromatic carbocycles. The molecule has 0 heterocycles. The number of unbranched alkanes of at least 4 members (excludes halogenated alkanes) is 1. The second-order valence-corrected chi connectivity index (χ2v) is 11.3. The number of hydrogen-bond donors (Lipinski definition) is 3. The Morgan fingerprint density at radius 2 is 1.97 bits per heavy atom. The number of ether oxygens (including phenoxy) is 1. The number of nitrogens with one attached hydrogen (secondary N) is 1. The van der Waals surface area contributed by atoms with Gasteiger partial charge in [-0.1, -0.05) is 45.4 Å². The molecule has 0 radical (unpaired) electrons. The molecule has 0 aromatic heterocycles. The highest BCUT2D eigenvalue weighted by Gasteiger charge is 2.49. The maximum absolute atomic E-state index is 12.8. The summed E-state index contributed by atoms with van der Waals surface area (Å²) in [6.07, 6.45) is 11.2. The molecule has 34 heavy (non-hydrogen) atoms. The van der Waals surface area contributed by atoms with Gasteiger partial charge in [0, 0.05) is 12.5 Å².